The Hall–Kier alpha value is -0.130. The average Bonchev–Trinajstić information content (AvgIpc) is 2.99. The van der Waals surface area contributed by atoms with Gasteiger partial charge in [0.05, 0.1) is 5.25 Å². The highest BCUT2D eigenvalue weighted by Gasteiger charge is 2.29. The Bertz CT molecular complexity index is 282. The molecule has 3 N–H and O–H groups in total. The molecule has 1 saturated carbocycles. The lowest BCUT2D eigenvalue weighted by Gasteiger charge is -2.17. The van der Waals surface area contributed by atoms with Crippen molar-refractivity contribution in [3.63, 3.8) is 0 Å². The van der Waals surface area contributed by atoms with Crippen molar-refractivity contribution in [2.75, 3.05) is 13.1 Å². The lowest BCUT2D eigenvalue weighted by molar-refractivity contribution is 0.487. The van der Waals surface area contributed by atoms with E-state index in [2.05, 4.69) is 11.6 Å². The van der Waals surface area contributed by atoms with Crippen LogP contribution in [0.3, 0.4) is 0 Å². The van der Waals surface area contributed by atoms with Crippen LogP contribution in [0.15, 0.2) is 0 Å². The molecule has 0 heterocycles. The first-order valence-electron chi connectivity index (χ1n) is 5.69. The van der Waals surface area contributed by atoms with E-state index >= 15 is 0 Å². The Kier molecular flexibility index (Phi) is 4.55. The third kappa shape index (κ3) is 3.74. The van der Waals surface area contributed by atoms with Crippen molar-refractivity contribution in [3.8, 4) is 0 Å². The minimum atomic E-state index is -3.20. The normalized spacial score (nSPS) is 21.3. The van der Waals surface area contributed by atoms with Crippen LogP contribution in [0.1, 0.15) is 33.1 Å². The Balaban J connectivity index is 2.40. The monoisotopic (exact) mass is 234 g/mol. The lowest BCUT2D eigenvalue weighted by atomic mass is 10.1. The topological polar surface area (TPSA) is 72.2 Å². The fraction of sp³-hybridized carbons (Fsp3) is 1.00. The second-order valence-electron chi connectivity index (χ2n) is 4.47. The predicted octanol–water partition coefficient (Wildman–Crippen LogP) is 0.689. The molecule has 0 amide bonds. The summed E-state index contributed by atoms with van der Waals surface area (Å²) >= 11 is 0. The largest absolute Gasteiger partial charge is 0.329 e. The highest BCUT2D eigenvalue weighted by molar-refractivity contribution is 7.90. The zero-order chi connectivity index (χ0) is 11.5. The van der Waals surface area contributed by atoms with Gasteiger partial charge >= 0.3 is 0 Å². The molecule has 1 aliphatic carbocycles. The van der Waals surface area contributed by atoms with Crippen molar-refractivity contribution < 1.29 is 8.42 Å². The first-order chi connectivity index (χ1) is 7.01. The van der Waals surface area contributed by atoms with E-state index in [0.717, 1.165) is 5.92 Å². The molecular weight excluding hydrogens is 212 g/mol. The van der Waals surface area contributed by atoms with Gasteiger partial charge in [0.15, 0.2) is 0 Å². The summed E-state index contributed by atoms with van der Waals surface area (Å²) in [5, 5.41) is -0.441. The highest BCUT2D eigenvalue weighted by atomic mass is 32.2. The van der Waals surface area contributed by atoms with Crippen LogP contribution in [-0.2, 0) is 10.0 Å². The van der Waals surface area contributed by atoms with Gasteiger partial charge < -0.3 is 5.73 Å². The zero-order valence-electron chi connectivity index (χ0n) is 9.57. The highest BCUT2D eigenvalue weighted by Crippen LogP contribution is 2.36. The minimum Gasteiger partial charge on any atom is -0.329 e. The second-order valence-corrected chi connectivity index (χ2v) is 6.52. The maximum absolute atomic E-state index is 11.7. The van der Waals surface area contributed by atoms with Gasteiger partial charge in [0.25, 0.3) is 0 Å². The molecule has 1 rings (SSSR count). The Labute approximate surface area is 92.7 Å². The van der Waals surface area contributed by atoms with Gasteiger partial charge in [-0.3, -0.25) is 0 Å². The quantitative estimate of drug-likeness (QED) is 0.680. The third-order valence-corrected chi connectivity index (χ3v) is 5.16. The molecule has 0 aromatic rings. The number of hydrogen-bond acceptors (Lipinski definition) is 3. The van der Waals surface area contributed by atoms with Crippen LogP contribution in [-0.4, -0.2) is 26.8 Å². The second kappa shape index (κ2) is 5.27. The summed E-state index contributed by atoms with van der Waals surface area (Å²) in [5.74, 6) is 1.18. The van der Waals surface area contributed by atoms with Crippen LogP contribution in [0.5, 0.6) is 0 Å². The van der Waals surface area contributed by atoms with Crippen molar-refractivity contribution in [2.24, 2.45) is 17.6 Å². The van der Waals surface area contributed by atoms with Crippen LogP contribution >= 0.6 is 0 Å². The fourth-order valence-electron chi connectivity index (χ4n) is 1.71. The van der Waals surface area contributed by atoms with E-state index in [1.54, 1.807) is 0 Å². The maximum atomic E-state index is 11.7. The molecule has 5 heteroatoms. The van der Waals surface area contributed by atoms with Gasteiger partial charge in [0.2, 0.25) is 10.0 Å². The molecule has 1 fully saturated rings. The molecule has 0 spiro atoms. The minimum absolute atomic E-state index is 0.198. The molecule has 0 saturated heterocycles. The first-order valence-corrected chi connectivity index (χ1v) is 7.24. The van der Waals surface area contributed by atoms with Crippen LogP contribution < -0.4 is 10.5 Å². The smallest absolute Gasteiger partial charge is 0.215 e. The van der Waals surface area contributed by atoms with Crippen molar-refractivity contribution >= 4 is 10.0 Å². The molecule has 2 atom stereocenters. The number of hydrogen-bond donors (Lipinski definition) is 2. The summed E-state index contributed by atoms with van der Waals surface area (Å²) in [6.07, 6.45) is 3.07. The van der Waals surface area contributed by atoms with Gasteiger partial charge in [0.1, 0.15) is 0 Å². The molecule has 1 aliphatic rings. The van der Waals surface area contributed by atoms with E-state index < -0.39 is 15.3 Å². The van der Waals surface area contributed by atoms with Crippen molar-refractivity contribution in [1.82, 2.24) is 4.72 Å². The molecular formula is C10H22N2O2S. The molecule has 0 radical (unpaired) electrons. The fourth-order valence-corrected chi connectivity index (χ4v) is 3.13. The number of nitrogens with two attached hydrogens (primary N) is 1. The van der Waals surface area contributed by atoms with E-state index in [1.165, 1.54) is 12.8 Å². The van der Waals surface area contributed by atoms with Crippen molar-refractivity contribution in [2.45, 2.75) is 38.4 Å². The Morgan fingerprint density at radius 2 is 2.07 bits per heavy atom. The SMILES string of the molecule is CCC(CN)S(=O)(=O)NCC(C)C1CC1. The summed E-state index contributed by atoms with van der Waals surface area (Å²) in [6, 6.07) is 0. The number of rotatable bonds is 7. The summed E-state index contributed by atoms with van der Waals surface area (Å²) in [4.78, 5) is 0. The summed E-state index contributed by atoms with van der Waals surface area (Å²) in [6.45, 7) is 4.71. The van der Waals surface area contributed by atoms with Crippen molar-refractivity contribution in [1.29, 1.82) is 0 Å². The molecule has 0 aromatic carbocycles. The molecule has 90 valence electrons. The van der Waals surface area contributed by atoms with E-state index in [0.29, 0.717) is 18.9 Å². The number of nitrogens with one attached hydrogen (secondary N) is 1. The van der Waals surface area contributed by atoms with Gasteiger partial charge in [-0.15, -0.1) is 0 Å². The summed E-state index contributed by atoms with van der Waals surface area (Å²) in [5.41, 5.74) is 5.43. The predicted molar refractivity (Wildman–Crippen MR) is 61.9 cm³/mol. The van der Waals surface area contributed by atoms with Crippen molar-refractivity contribution in [3.05, 3.63) is 0 Å². The van der Waals surface area contributed by atoms with Gasteiger partial charge in [-0.25, -0.2) is 13.1 Å². The van der Waals surface area contributed by atoms with E-state index in [-0.39, 0.29) is 6.54 Å². The number of sulfonamides is 1. The molecule has 0 bridgehead atoms. The molecule has 15 heavy (non-hydrogen) atoms. The van der Waals surface area contributed by atoms with Crippen LogP contribution in [0, 0.1) is 11.8 Å². The summed E-state index contributed by atoms with van der Waals surface area (Å²) < 4.78 is 26.2. The molecule has 0 aromatic heterocycles. The van der Waals surface area contributed by atoms with E-state index in [9.17, 15) is 8.42 Å². The van der Waals surface area contributed by atoms with Gasteiger partial charge in [0, 0.05) is 13.1 Å². The first kappa shape index (κ1) is 12.9. The van der Waals surface area contributed by atoms with E-state index in [4.69, 9.17) is 5.73 Å². The van der Waals surface area contributed by atoms with Gasteiger partial charge in [-0.1, -0.05) is 13.8 Å². The van der Waals surface area contributed by atoms with Crippen LogP contribution in [0.25, 0.3) is 0 Å². The standard InChI is InChI=1S/C10H22N2O2S/c1-3-10(6-11)15(13,14)12-7-8(2)9-4-5-9/h8-10,12H,3-7,11H2,1-2H3. The lowest BCUT2D eigenvalue weighted by Crippen LogP contribution is -2.40. The maximum Gasteiger partial charge on any atom is 0.215 e. The summed E-state index contributed by atoms with van der Waals surface area (Å²) in [7, 11) is -3.20. The van der Waals surface area contributed by atoms with Crippen LogP contribution in [0.2, 0.25) is 0 Å². The molecule has 0 aliphatic heterocycles. The van der Waals surface area contributed by atoms with Crippen LogP contribution in [0.4, 0.5) is 0 Å². The average molecular weight is 234 g/mol. The third-order valence-electron chi connectivity index (χ3n) is 3.19. The Morgan fingerprint density at radius 1 is 1.47 bits per heavy atom. The van der Waals surface area contributed by atoms with Gasteiger partial charge in [-0.05, 0) is 31.1 Å². The molecule has 4 nitrogen and oxygen atoms in total. The van der Waals surface area contributed by atoms with E-state index in [1.807, 2.05) is 6.92 Å². The Morgan fingerprint density at radius 3 is 2.47 bits per heavy atom. The zero-order valence-corrected chi connectivity index (χ0v) is 10.4. The van der Waals surface area contributed by atoms with Gasteiger partial charge in [-0.2, -0.15) is 0 Å². The molecule has 2 unspecified atom stereocenters.